The van der Waals surface area contributed by atoms with Gasteiger partial charge in [0.2, 0.25) is 0 Å². The Kier molecular flexibility index (Phi) is 5.26. The minimum absolute atomic E-state index is 0.176. The first-order valence-corrected chi connectivity index (χ1v) is 5.89. The topological polar surface area (TPSA) is 15.3 Å². The van der Waals surface area contributed by atoms with Gasteiger partial charge in [-0.15, -0.1) is 0 Å². The number of hydrogen-bond acceptors (Lipinski definition) is 2. The lowest BCUT2D eigenvalue weighted by Gasteiger charge is -2.18. The van der Waals surface area contributed by atoms with Gasteiger partial charge in [0.1, 0.15) is 5.82 Å². The largest absolute Gasteiger partial charge is 0.381 e. The van der Waals surface area contributed by atoms with Crippen LogP contribution < -0.4 is 5.32 Å². The van der Waals surface area contributed by atoms with Gasteiger partial charge >= 0.3 is 0 Å². The van der Waals surface area contributed by atoms with Gasteiger partial charge in [0, 0.05) is 13.1 Å². The summed E-state index contributed by atoms with van der Waals surface area (Å²) in [7, 11) is 0. The van der Waals surface area contributed by atoms with Gasteiger partial charge in [-0.25, -0.2) is 4.39 Å². The molecule has 1 rings (SSSR count). The number of nitrogens with one attached hydrogen (secondary N) is 1. The fourth-order valence-electron chi connectivity index (χ4n) is 1.66. The monoisotopic (exact) mass is 224 g/mol. The van der Waals surface area contributed by atoms with E-state index >= 15 is 0 Å². The third-order valence-corrected chi connectivity index (χ3v) is 2.76. The highest BCUT2D eigenvalue weighted by atomic mass is 19.1. The van der Waals surface area contributed by atoms with Crippen LogP contribution in [0.3, 0.4) is 0 Å². The van der Waals surface area contributed by atoms with E-state index in [9.17, 15) is 4.39 Å². The molecule has 16 heavy (non-hydrogen) atoms. The van der Waals surface area contributed by atoms with Crippen LogP contribution in [0.4, 0.5) is 10.1 Å². The third-order valence-electron chi connectivity index (χ3n) is 2.76. The van der Waals surface area contributed by atoms with Crippen molar-refractivity contribution in [2.45, 2.75) is 20.8 Å². The average Bonchev–Trinajstić information content (AvgIpc) is 2.29. The zero-order valence-corrected chi connectivity index (χ0v) is 10.4. The Labute approximate surface area is 97.5 Å². The van der Waals surface area contributed by atoms with Crippen LogP contribution in [0.15, 0.2) is 18.2 Å². The number of benzene rings is 1. The molecule has 0 aromatic heterocycles. The molecular weight excluding hydrogens is 203 g/mol. The summed E-state index contributed by atoms with van der Waals surface area (Å²) in [6.07, 6.45) is 0. The second-order valence-corrected chi connectivity index (χ2v) is 3.94. The van der Waals surface area contributed by atoms with E-state index in [2.05, 4.69) is 24.1 Å². The molecule has 1 N–H and O–H groups in total. The Morgan fingerprint density at radius 2 is 1.94 bits per heavy atom. The molecule has 3 heteroatoms. The molecule has 1 aromatic rings. The van der Waals surface area contributed by atoms with E-state index < -0.39 is 0 Å². The molecule has 0 spiro atoms. The number of nitrogens with zero attached hydrogens (tertiary/aromatic N) is 1. The highest BCUT2D eigenvalue weighted by Gasteiger charge is 2.02. The molecule has 2 nitrogen and oxygen atoms in total. The third kappa shape index (κ3) is 3.81. The molecule has 90 valence electrons. The number of likely N-dealkylation sites (N-methyl/N-ethyl adjacent to an activating group) is 1. The molecule has 0 saturated carbocycles. The van der Waals surface area contributed by atoms with Gasteiger partial charge < -0.3 is 10.2 Å². The van der Waals surface area contributed by atoms with E-state index in [1.165, 1.54) is 6.07 Å². The second-order valence-electron chi connectivity index (χ2n) is 3.94. The van der Waals surface area contributed by atoms with Crippen LogP contribution in [0.2, 0.25) is 0 Å². The molecule has 0 unspecified atom stereocenters. The molecule has 0 saturated heterocycles. The summed E-state index contributed by atoms with van der Waals surface area (Å²) < 4.78 is 13.4. The van der Waals surface area contributed by atoms with Crippen LogP contribution in [0.25, 0.3) is 0 Å². The molecule has 0 aliphatic rings. The van der Waals surface area contributed by atoms with Gasteiger partial charge in [-0.2, -0.15) is 0 Å². The summed E-state index contributed by atoms with van der Waals surface area (Å²) in [6.45, 7) is 10.0. The summed E-state index contributed by atoms with van der Waals surface area (Å²) in [5.41, 5.74) is 1.68. The van der Waals surface area contributed by atoms with Crippen LogP contribution in [0, 0.1) is 12.7 Å². The summed E-state index contributed by atoms with van der Waals surface area (Å²) in [5, 5.41) is 3.14. The molecular formula is C13H21FN2. The molecule has 0 heterocycles. The molecule has 0 aliphatic heterocycles. The zero-order chi connectivity index (χ0) is 12.0. The fourth-order valence-corrected chi connectivity index (χ4v) is 1.66. The maximum atomic E-state index is 13.4. The van der Waals surface area contributed by atoms with Gasteiger partial charge in [-0.1, -0.05) is 19.9 Å². The van der Waals surface area contributed by atoms with Gasteiger partial charge in [0.25, 0.3) is 0 Å². The zero-order valence-electron chi connectivity index (χ0n) is 10.4. The average molecular weight is 224 g/mol. The van der Waals surface area contributed by atoms with E-state index in [-0.39, 0.29) is 5.82 Å². The maximum Gasteiger partial charge on any atom is 0.146 e. The second kappa shape index (κ2) is 6.48. The number of anilines is 1. The van der Waals surface area contributed by atoms with Crippen molar-refractivity contribution in [3.8, 4) is 0 Å². The minimum Gasteiger partial charge on any atom is -0.381 e. The van der Waals surface area contributed by atoms with Crippen LogP contribution in [-0.4, -0.2) is 31.1 Å². The first-order valence-electron chi connectivity index (χ1n) is 5.89. The lowest BCUT2D eigenvalue weighted by molar-refractivity contribution is 0.316. The number of halogens is 1. The van der Waals surface area contributed by atoms with E-state index in [1.807, 2.05) is 13.0 Å². The van der Waals surface area contributed by atoms with Crippen molar-refractivity contribution >= 4 is 5.69 Å². The first kappa shape index (κ1) is 13.0. The highest BCUT2D eigenvalue weighted by Crippen LogP contribution is 2.14. The van der Waals surface area contributed by atoms with Crippen LogP contribution in [0.5, 0.6) is 0 Å². The van der Waals surface area contributed by atoms with Crippen molar-refractivity contribution < 1.29 is 4.39 Å². The Morgan fingerprint density at radius 3 is 2.56 bits per heavy atom. The van der Waals surface area contributed by atoms with Gasteiger partial charge in [-0.3, -0.25) is 0 Å². The van der Waals surface area contributed by atoms with Crippen LogP contribution in [-0.2, 0) is 0 Å². The minimum atomic E-state index is -0.176. The Hall–Kier alpha value is -1.09. The van der Waals surface area contributed by atoms with E-state index in [1.54, 1.807) is 6.07 Å². The van der Waals surface area contributed by atoms with Crippen LogP contribution in [0.1, 0.15) is 19.4 Å². The first-order chi connectivity index (χ1) is 7.67. The molecule has 0 bridgehead atoms. The Bertz CT molecular complexity index is 322. The van der Waals surface area contributed by atoms with Crippen molar-refractivity contribution in [3.63, 3.8) is 0 Å². The summed E-state index contributed by atoms with van der Waals surface area (Å²) >= 11 is 0. The summed E-state index contributed by atoms with van der Waals surface area (Å²) in [6, 6.07) is 5.14. The number of hydrogen-bond donors (Lipinski definition) is 1. The van der Waals surface area contributed by atoms with Crippen LogP contribution >= 0.6 is 0 Å². The lowest BCUT2D eigenvalue weighted by atomic mass is 10.2. The quantitative estimate of drug-likeness (QED) is 0.799. The molecule has 0 atom stereocenters. The van der Waals surface area contributed by atoms with Crippen molar-refractivity contribution in [2.24, 2.45) is 0 Å². The van der Waals surface area contributed by atoms with Gasteiger partial charge in [-0.05, 0) is 37.7 Å². The van der Waals surface area contributed by atoms with Crippen molar-refractivity contribution in [1.82, 2.24) is 4.90 Å². The number of aryl methyl sites for hydroxylation is 1. The van der Waals surface area contributed by atoms with Crippen molar-refractivity contribution in [2.75, 3.05) is 31.5 Å². The predicted octanol–water partition coefficient (Wildman–Crippen LogP) is 2.89. The summed E-state index contributed by atoms with van der Waals surface area (Å²) in [4.78, 5) is 2.31. The smallest absolute Gasteiger partial charge is 0.146 e. The Morgan fingerprint density at radius 1 is 1.25 bits per heavy atom. The molecule has 0 aliphatic carbocycles. The van der Waals surface area contributed by atoms with E-state index in [0.29, 0.717) is 5.69 Å². The lowest BCUT2D eigenvalue weighted by Crippen LogP contribution is -2.28. The number of rotatable bonds is 6. The van der Waals surface area contributed by atoms with Gasteiger partial charge in [0.15, 0.2) is 0 Å². The Balaban J connectivity index is 2.45. The van der Waals surface area contributed by atoms with Gasteiger partial charge in [0.05, 0.1) is 5.69 Å². The van der Waals surface area contributed by atoms with Crippen molar-refractivity contribution in [3.05, 3.63) is 29.6 Å². The summed E-state index contributed by atoms with van der Waals surface area (Å²) in [5.74, 6) is -0.176. The van der Waals surface area contributed by atoms with E-state index in [4.69, 9.17) is 0 Å². The molecule has 0 amide bonds. The SMILES string of the molecule is CCN(CC)CCNc1cc(C)ccc1F. The molecule has 0 radical (unpaired) electrons. The van der Waals surface area contributed by atoms with Crippen molar-refractivity contribution in [1.29, 1.82) is 0 Å². The molecule has 1 aromatic carbocycles. The maximum absolute atomic E-state index is 13.4. The molecule has 0 fully saturated rings. The predicted molar refractivity (Wildman–Crippen MR) is 67.4 cm³/mol. The highest BCUT2D eigenvalue weighted by molar-refractivity contribution is 5.46. The standard InChI is InChI=1S/C13H21FN2/c1-4-16(5-2)9-8-15-13-10-11(3)6-7-12(13)14/h6-7,10,15H,4-5,8-9H2,1-3H3. The normalized spacial score (nSPS) is 10.8. The van der Waals surface area contributed by atoms with E-state index in [0.717, 1.165) is 31.7 Å². The fraction of sp³-hybridized carbons (Fsp3) is 0.538.